The number of anilines is 1. The Morgan fingerprint density at radius 1 is 1.55 bits per heavy atom. The molecule has 1 atom stereocenters. The van der Waals surface area contributed by atoms with Crippen molar-refractivity contribution in [3.63, 3.8) is 0 Å². The number of rotatable bonds is 7. The van der Waals surface area contributed by atoms with Crippen molar-refractivity contribution in [2.75, 3.05) is 19.1 Å². The molecular weight excluding hydrogens is 264 g/mol. The van der Waals surface area contributed by atoms with Crippen LogP contribution in [0.4, 0.5) is 11.4 Å². The number of nitrogens with one attached hydrogen (secondary N) is 2. The van der Waals surface area contributed by atoms with Gasteiger partial charge >= 0.3 is 0 Å². The SMILES string of the molecule is COCCC(C)NC(=O)c1ccc(NN)c([N+](=O)[O-])c1. The van der Waals surface area contributed by atoms with Gasteiger partial charge in [0.1, 0.15) is 5.69 Å². The standard InChI is InChI=1S/C12H18N4O4/c1-8(5-6-20-2)14-12(17)9-3-4-10(15-13)11(7-9)16(18)19/h3-4,7-8,15H,5-6,13H2,1-2H3,(H,14,17). The molecule has 110 valence electrons. The first-order valence-electron chi connectivity index (χ1n) is 6.04. The Hall–Kier alpha value is -2.19. The van der Waals surface area contributed by atoms with Gasteiger partial charge in [0, 0.05) is 31.4 Å². The van der Waals surface area contributed by atoms with E-state index in [0.29, 0.717) is 13.0 Å². The maximum Gasteiger partial charge on any atom is 0.294 e. The van der Waals surface area contributed by atoms with E-state index in [2.05, 4.69) is 10.7 Å². The van der Waals surface area contributed by atoms with Crippen LogP contribution < -0.4 is 16.6 Å². The van der Waals surface area contributed by atoms with Crippen LogP contribution in [0.3, 0.4) is 0 Å². The third kappa shape index (κ3) is 4.18. The van der Waals surface area contributed by atoms with Crippen molar-refractivity contribution in [3.05, 3.63) is 33.9 Å². The van der Waals surface area contributed by atoms with E-state index in [4.69, 9.17) is 10.6 Å². The largest absolute Gasteiger partial charge is 0.385 e. The molecule has 0 heterocycles. The highest BCUT2D eigenvalue weighted by Crippen LogP contribution is 2.24. The van der Waals surface area contributed by atoms with Crippen LogP contribution in [0.1, 0.15) is 23.7 Å². The Balaban J connectivity index is 2.83. The number of hydrogen-bond donors (Lipinski definition) is 3. The first-order chi connectivity index (χ1) is 9.49. The molecule has 8 nitrogen and oxygen atoms in total. The second-order valence-electron chi connectivity index (χ2n) is 4.29. The molecule has 0 aliphatic rings. The summed E-state index contributed by atoms with van der Waals surface area (Å²) in [4.78, 5) is 22.3. The zero-order valence-electron chi connectivity index (χ0n) is 11.4. The van der Waals surface area contributed by atoms with Gasteiger partial charge in [-0.15, -0.1) is 0 Å². The molecular formula is C12H18N4O4. The number of hydrazine groups is 1. The normalized spacial score (nSPS) is 11.8. The van der Waals surface area contributed by atoms with Crippen LogP contribution in [0, 0.1) is 10.1 Å². The van der Waals surface area contributed by atoms with Gasteiger partial charge in [-0.1, -0.05) is 0 Å². The molecule has 0 bridgehead atoms. The molecule has 1 amide bonds. The first kappa shape index (κ1) is 15.9. The van der Waals surface area contributed by atoms with Crippen LogP contribution in [-0.4, -0.2) is 30.6 Å². The lowest BCUT2D eigenvalue weighted by atomic mass is 10.1. The van der Waals surface area contributed by atoms with Crippen molar-refractivity contribution < 1.29 is 14.5 Å². The molecule has 0 saturated carbocycles. The Kier molecular flexibility index (Phi) is 5.88. The van der Waals surface area contributed by atoms with Crippen molar-refractivity contribution >= 4 is 17.3 Å². The van der Waals surface area contributed by atoms with Crippen LogP contribution in [-0.2, 0) is 4.74 Å². The third-order valence-electron chi connectivity index (χ3n) is 2.74. The van der Waals surface area contributed by atoms with Crippen LogP contribution in [0.25, 0.3) is 0 Å². The Bertz CT molecular complexity index is 492. The Morgan fingerprint density at radius 3 is 2.80 bits per heavy atom. The van der Waals surface area contributed by atoms with Gasteiger partial charge in [-0.3, -0.25) is 20.8 Å². The molecule has 1 unspecified atom stereocenters. The predicted molar refractivity (Wildman–Crippen MR) is 74.3 cm³/mol. The van der Waals surface area contributed by atoms with Gasteiger partial charge in [0.2, 0.25) is 0 Å². The summed E-state index contributed by atoms with van der Waals surface area (Å²) in [6.45, 7) is 2.36. The first-order valence-corrected chi connectivity index (χ1v) is 6.04. The topological polar surface area (TPSA) is 120 Å². The molecule has 1 rings (SSSR count). The van der Waals surface area contributed by atoms with Gasteiger partial charge in [0.25, 0.3) is 11.6 Å². The zero-order valence-corrected chi connectivity index (χ0v) is 11.4. The number of nitrogen functional groups attached to an aromatic ring is 1. The maximum absolute atomic E-state index is 12.0. The van der Waals surface area contributed by atoms with E-state index in [1.807, 2.05) is 6.92 Å². The lowest BCUT2D eigenvalue weighted by Crippen LogP contribution is -2.33. The van der Waals surface area contributed by atoms with Gasteiger partial charge in [-0.2, -0.15) is 0 Å². The lowest BCUT2D eigenvalue weighted by molar-refractivity contribution is -0.384. The fourth-order valence-corrected chi connectivity index (χ4v) is 1.62. The van der Waals surface area contributed by atoms with Crippen LogP contribution >= 0.6 is 0 Å². The number of methoxy groups -OCH3 is 1. The van der Waals surface area contributed by atoms with Gasteiger partial charge in [-0.05, 0) is 25.5 Å². The average Bonchev–Trinajstić information content (AvgIpc) is 2.44. The van der Waals surface area contributed by atoms with E-state index < -0.39 is 4.92 Å². The maximum atomic E-state index is 12.0. The number of ether oxygens (including phenoxy) is 1. The summed E-state index contributed by atoms with van der Waals surface area (Å²) in [5.41, 5.74) is 2.34. The Morgan fingerprint density at radius 2 is 2.25 bits per heavy atom. The number of hydrogen-bond acceptors (Lipinski definition) is 6. The number of benzene rings is 1. The van der Waals surface area contributed by atoms with Gasteiger partial charge in [0.15, 0.2) is 0 Å². The number of nitrogens with two attached hydrogens (primary N) is 1. The second-order valence-corrected chi connectivity index (χ2v) is 4.29. The minimum absolute atomic E-state index is 0.0891. The van der Waals surface area contributed by atoms with Crippen molar-refractivity contribution in [3.8, 4) is 0 Å². The van der Waals surface area contributed by atoms with E-state index in [1.54, 1.807) is 7.11 Å². The molecule has 1 aromatic carbocycles. The van der Waals surface area contributed by atoms with Gasteiger partial charge < -0.3 is 15.5 Å². The quantitative estimate of drug-likeness (QED) is 0.390. The van der Waals surface area contributed by atoms with E-state index in [9.17, 15) is 14.9 Å². The second kappa shape index (κ2) is 7.41. The van der Waals surface area contributed by atoms with E-state index in [1.165, 1.54) is 18.2 Å². The summed E-state index contributed by atoms with van der Waals surface area (Å²) < 4.78 is 4.92. The molecule has 0 aromatic heterocycles. The van der Waals surface area contributed by atoms with Crippen molar-refractivity contribution in [2.24, 2.45) is 5.84 Å². The molecule has 1 aromatic rings. The van der Waals surface area contributed by atoms with Crippen LogP contribution in [0.15, 0.2) is 18.2 Å². The summed E-state index contributed by atoms with van der Waals surface area (Å²) in [5.74, 6) is 4.81. The summed E-state index contributed by atoms with van der Waals surface area (Å²) in [6.07, 6.45) is 0.659. The monoisotopic (exact) mass is 282 g/mol. The van der Waals surface area contributed by atoms with Crippen molar-refractivity contribution in [2.45, 2.75) is 19.4 Å². The number of carbonyl (C=O) groups is 1. The molecule has 8 heteroatoms. The molecule has 0 radical (unpaired) electrons. The fourth-order valence-electron chi connectivity index (χ4n) is 1.62. The molecule has 0 spiro atoms. The molecule has 20 heavy (non-hydrogen) atoms. The molecule has 0 saturated heterocycles. The highest BCUT2D eigenvalue weighted by atomic mass is 16.6. The Labute approximate surface area is 116 Å². The van der Waals surface area contributed by atoms with Gasteiger partial charge in [-0.25, -0.2) is 0 Å². The summed E-state index contributed by atoms with van der Waals surface area (Å²) in [6, 6.07) is 3.97. The molecule has 0 fully saturated rings. The zero-order chi connectivity index (χ0) is 15.1. The number of nitro benzene ring substituents is 1. The van der Waals surface area contributed by atoms with Crippen molar-refractivity contribution in [1.82, 2.24) is 5.32 Å². The van der Waals surface area contributed by atoms with E-state index in [-0.39, 0.29) is 28.9 Å². The highest BCUT2D eigenvalue weighted by molar-refractivity contribution is 5.95. The fraction of sp³-hybridized carbons (Fsp3) is 0.417. The third-order valence-corrected chi connectivity index (χ3v) is 2.74. The number of carbonyl (C=O) groups excluding carboxylic acids is 1. The van der Waals surface area contributed by atoms with Crippen LogP contribution in [0.5, 0.6) is 0 Å². The number of nitro groups is 1. The molecule has 4 N–H and O–H groups in total. The summed E-state index contributed by atoms with van der Waals surface area (Å²) >= 11 is 0. The summed E-state index contributed by atoms with van der Waals surface area (Å²) in [7, 11) is 1.58. The minimum atomic E-state index is -0.597. The van der Waals surface area contributed by atoms with Crippen molar-refractivity contribution in [1.29, 1.82) is 0 Å². The average molecular weight is 282 g/mol. The molecule has 0 aliphatic heterocycles. The summed E-state index contributed by atoms with van der Waals surface area (Å²) in [5, 5.41) is 13.6. The highest BCUT2D eigenvalue weighted by Gasteiger charge is 2.17. The van der Waals surface area contributed by atoms with Crippen LogP contribution in [0.2, 0.25) is 0 Å². The minimum Gasteiger partial charge on any atom is -0.385 e. The van der Waals surface area contributed by atoms with Gasteiger partial charge in [0.05, 0.1) is 4.92 Å². The number of amides is 1. The molecule has 0 aliphatic carbocycles. The number of nitrogens with zero attached hydrogens (tertiary/aromatic N) is 1. The van der Waals surface area contributed by atoms with E-state index >= 15 is 0 Å². The lowest BCUT2D eigenvalue weighted by Gasteiger charge is -2.13. The van der Waals surface area contributed by atoms with E-state index in [0.717, 1.165) is 0 Å². The smallest absolute Gasteiger partial charge is 0.294 e. The predicted octanol–water partition coefficient (Wildman–Crippen LogP) is 1.04.